The number of aliphatic imine (C=N–C) groups is 1. The predicted molar refractivity (Wildman–Crippen MR) is 116 cm³/mol. The van der Waals surface area contributed by atoms with Gasteiger partial charge in [-0.15, -0.1) is 0 Å². The van der Waals surface area contributed by atoms with Crippen molar-refractivity contribution in [2.45, 2.75) is 17.7 Å². The fourth-order valence-electron chi connectivity index (χ4n) is 3.82. The molecule has 2 fully saturated rings. The van der Waals surface area contributed by atoms with E-state index >= 15 is 0 Å². The number of carbonyl (C=O) groups is 1. The third-order valence-corrected chi connectivity index (χ3v) is 8.65. The Kier molecular flexibility index (Phi) is 4.91. The number of sulfone groups is 1. The first-order valence-electron chi connectivity index (χ1n) is 9.30. The monoisotopic (exact) mass is 464 g/mol. The van der Waals surface area contributed by atoms with E-state index in [0.717, 1.165) is 11.3 Å². The summed E-state index contributed by atoms with van der Waals surface area (Å²) in [7, 11) is -3.13. The van der Waals surface area contributed by atoms with Crippen molar-refractivity contribution in [3.05, 3.63) is 53.1 Å². The Hall–Kier alpha value is -2.23. The number of hydrogen-bond acceptors (Lipinski definition) is 6. The molecule has 2 saturated heterocycles. The third kappa shape index (κ3) is 3.77. The van der Waals surface area contributed by atoms with E-state index in [1.807, 2.05) is 11.0 Å². The Morgan fingerprint density at radius 1 is 1.13 bits per heavy atom. The van der Waals surface area contributed by atoms with Crippen molar-refractivity contribution in [1.82, 2.24) is 0 Å². The first-order valence-corrected chi connectivity index (χ1v) is 12.4. The summed E-state index contributed by atoms with van der Waals surface area (Å²) in [5.74, 6) is 1.04. The smallest absolute Gasteiger partial charge is 0.252 e. The fraction of sp³-hybridized carbons (Fsp3) is 0.300. The maximum absolute atomic E-state index is 12.6. The van der Waals surface area contributed by atoms with Crippen LogP contribution < -0.4 is 14.4 Å². The number of amides is 1. The van der Waals surface area contributed by atoms with Crippen LogP contribution in [-0.2, 0) is 21.1 Å². The topological polar surface area (TPSA) is 85.3 Å². The number of ether oxygens (including phenoxy) is 2. The van der Waals surface area contributed by atoms with Crippen LogP contribution in [0.15, 0.2) is 47.5 Å². The molecule has 10 heteroatoms. The predicted octanol–water partition coefficient (Wildman–Crippen LogP) is 2.91. The lowest BCUT2D eigenvalue weighted by Crippen LogP contribution is -2.37. The second-order valence-corrected chi connectivity index (χ2v) is 11.1. The van der Waals surface area contributed by atoms with Crippen LogP contribution in [0.3, 0.4) is 0 Å². The molecule has 30 heavy (non-hydrogen) atoms. The molecule has 5 rings (SSSR count). The lowest BCUT2D eigenvalue weighted by molar-refractivity contribution is -0.117. The largest absolute Gasteiger partial charge is 0.454 e. The van der Waals surface area contributed by atoms with Crippen LogP contribution in [-0.4, -0.2) is 49.1 Å². The summed E-state index contributed by atoms with van der Waals surface area (Å²) in [5.41, 5.74) is 1.54. The van der Waals surface area contributed by atoms with Gasteiger partial charge in [0, 0.05) is 22.0 Å². The van der Waals surface area contributed by atoms with Gasteiger partial charge in [-0.05, 0) is 29.8 Å². The summed E-state index contributed by atoms with van der Waals surface area (Å²) in [5, 5.41) is 0.951. The minimum Gasteiger partial charge on any atom is -0.454 e. The summed E-state index contributed by atoms with van der Waals surface area (Å²) in [6.45, 7) is 0.147. The van der Waals surface area contributed by atoms with Crippen LogP contribution in [0.25, 0.3) is 0 Å². The van der Waals surface area contributed by atoms with Gasteiger partial charge in [0.2, 0.25) is 6.79 Å². The molecule has 7 nitrogen and oxygen atoms in total. The zero-order chi connectivity index (χ0) is 20.9. The number of anilines is 1. The Balaban J connectivity index is 1.46. The molecule has 0 N–H and O–H groups in total. The Morgan fingerprint density at radius 2 is 1.90 bits per heavy atom. The zero-order valence-corrected chi connectivity index (χ0v) is 18.0. The van der Waals surface area contributed by atoms with E-state index in [4.69, 9.17) is 21.1 Å². The Bertz CT molecular complexity index is 1150. The fourth-order valence-corrected chi connectivity index (χ4v) is 7.88. The van der Waals surface area contributed by atoms with Gasteiger partial charge in [-0.25, -0.2) is 8.42 Å². The highest BCUT2D eigenvalue weighted by Gasteiger charge is 2.49. The zero-order valence-electron chi connectivity index (χ0n) is 15.7. The SMILES string of the molecule is O=C(Cc1ccc(Cl)cc1)N=C1S[C@H]2CS(=O)(=O)C[C@H]2N1c1ccc2c(c1)OCO2. The van der Waals surface area contributed by atoms with Gasteiger partial charge in [-0.1, -0.05) is 35.5 Å². The number of nitrogens with zero attached hydrogens (tertiary/aromatic N) is 2. The number of fused-ring (bicyclic) bond motifs is 2. The quantitative estimate of drug-likeness (QED) is 0.690. The highest BCUT2D eigenvalue weighted by atomic mass is 35.5. The molecule has 0 aromatic heterocycles. The molecule has 2 atom stereocenters. The first kappa shape index (κ1) is 19.7. The van der Waals surface area contributed by atoms with Gasteiger partial charge in [0.15, 0.2) is 26.5 Å². The second kappa shape index (κ2) is 7.47. The van der Waals surface area contributed by atoms with Crippen LogP contribution in [0.1, 0.15) is 5.56 Å². The normalized spacial score (nSPS) is 25.0. The van der Waals surface area contributed by atoms with Crippen molar-refractivity contribution in [2.24, 2.45) is 4.99 Å². The van der Waals surface area contributed by atoms with Crippen LogP contribution in [0.4, 0.5) is 5.69 Å². The van der Waals surface area contributed by atoms with E-state index in [2.05, 4.69) is 4.99 Å². The Morgan fingerprint density at radius 3 is 2.70 bits per heavy atom. The van der Waals surface area contributed by atoms with E-state index in [-0.39, 0.29) is 41.9 Å². The lowest BCUT2D eigenvalue weighted by Gasteiger charge is -2.24. The molecule has 0 radical (unpaired) electrons. The molecule has 3 aliphatic heterocycles. The van der Waals surface area contributed by atoms with Crippen molar-refractivity contribution < 1.29 is 22.7 Å². The van der Waals surface area contributed by atoms with Crippen molar-refractivity contribution in [3.63, 3.8) is 0 Å². The Labute approximate surface area is 182 Å². The number of carbonyl (C=O) groups excluding carboxylic acids is 1. The number of amidine groups is 1. The molecule has 0 unspecified atom stereocenters. The maximum Gasteiger partial charge on any atom is 0.252 e. The molecule has 156 valence electrons. The van der Waals surface area contributed by atoms with Crippen LogP contribution in [0.2, 0.25) is 5.02 Å². The minimum absolute atomic E-state index is 0.0313. The van der Waals surface area contributed by atoms with Crippen LogP contribution in [0.5, 0.6) is 11.5 Å². The van der Waals surface area contributed by atoms with Crippen LogP contribution >= 0.6 is 23.4 Å². The summed E-state index contributed by atoms with van der Waals surface area (Å²) in [6, 6.07) is 12.2. The van der Waals surface area contributed by atoms with E-state index in [9.17, 15) is 13.2 Å². The minimum atomic E-state index is -3.13. The van der Waals surface area contributed by atoms with Gasteiger partial charge in [0.05, 0.1) is 24.0 Å². The number of thioether (sulfide) groups is 1. The number of rotatable bonds is 3. The molecule has 0 spiro atoms. The van der Waals surface area contributed by atoms with Crippen molar-refractivity contribution in [1.29, 1.82) is 0 Å². The van der Waals surface area contributed by atoms with Gasteiger partial charge in [0.25, 0.3) is 5.91 Å². The summed E-state index contributed by atoms with van der Waals surface area (Å²) < 4.78 is 35.2. The third-order valence-electron chi connectivity index (χ3n) is 5.19. The molecule has 0 saturated carbocycles. The maximum atomic E-state index is 12.6. The standard InChI is InChI=1S/C20H17ClN2O5S2/c21-13-3-1-12(2-4-13)7-19(24)22-20-23(15-9-30(25,26)10-18(15)29-20)14-5-6-16-17(8-14)28-11-27-16/h1-6,8,15,18H,7,9-11H2/t15-,18+/m1/s1. The molecule has 0 aliphatic carbocycles. The van der Waals surface area contributed by atoms with Crippen molar-refractivity contribution >= 4 is 50.0 Å². The molecule has 3 heterocycles. The molecule has 1 amide bonds. The van der Waals surface area contributed by atoms with E-state index in [1.165, 1.54) is 11.8 Å². The molecular weight excluding hydrogens is 448 g/mol. The van der Waals surface area contributed by atoms with Crippen molar-refractivity contribution in [3.8, 4) is 11.5 Å². The average Bonchev–Trinajstić information content (AvgIpc) is 3.34. The average molecular weight is 465 g/mol. The summed E-state index contributed by atoms with van der Waals surface area (Å²) in [6.07, 6.45) is 0.143. The van der Waals surface area contributed by atoms with E-state index < -0.39 is 9.84 Å². The molecule has 3 aliphatic rings. The van der Waals surface area contributed by atoms with Gasteiger partial charge in [0.1, 0.15) is 0 Å². The second-order valence-electron chi connectivity index (χ2n) is 7.30. The highest BCUT2D eigenvalue weighted by molar-refractivity contribution is 8.16. The lowest BCUT2D eigenvalue weighted by atomic mass is 10.1. The summed E-state index contributed by atoms with van der Waals surface area (Å²) in [4.78, 5) is 18.8. The van der Waals surface area contributed by atoms with Gasteiger partial charge < -0.3 is 14.4 Å². The van der Waals surface area contributed by atoms with Crippen molar-refractivity contribution in [2.75, 3.05) is 23.2 Å². The first-order chi connectivity index (χ1) is 14.4. The number of hydrogen-bond donors (Lipinski definition) is 0. The molecule has 2 aromatic rings. The van der Waals surface area contributed by atoms with E-state index in [1.54, 1.807) is 36.4 Å². The number of halogens is 1. The number of benzene rings is 2. The molecular formula is C20H17ClN2O5S2. The molecule has 0 bridgehead atoms. The molecule has 2 aromatic carbocycles. The van der Waals surface area contributed by atoms with Crippen LogP contribution in [0, 0.1) is 0 Å². The van der Waals surface area contributed by atoms with E-state index in [0.29, 0.717) is 21.7 Å². The summed E-state index contributed by atoms with van der Waals surface area (Å²) >= 11 is 7.24. The van der Waals surface area contributed by atoms with Gasteiger partial charge in [-0.2, -0.15) is 4.99 Å². The highest BCUT2D eigenvalue weighted by Crippen LogP contribution is 2.43. The van der Waals surface area contributed by atoms with Gasteiger partial charge in [-0.3, -0.25) is 4.79 Å². The van der Waals surface area contributed by atoms with Gasteiger partial charge >= 0.3 is 0 Å².